The molecule has 2 heterocycles. The molecule has 0 aromatic carbocycles. The number of nitrogens with one attached hydrogen (secondary N) is 2. The minimum Gasteiger partial charge on any atom is -0.478 e. The number of halogens is 1. The second-order valence-electron chi connectivity index (χ2n) is 6.67. The van der Waals surface area contributed by atoms with Gasteiger partial charge in [0.15, 0.2) is 5.96 Å². The normalized spacial score (nSPS) is 16.0. The highest BCUT2D eigenvalue weighted by Gasteiger charge is 2.14. The summed E-state index contributed by atoms with van der Waals surface area (Å²) in [6.45, 7) is 10.2. The van der Waals surface area contributed by atoms with Crippen LogP contribution in [0.25, 0.3) is 0 Å². The fraction of sp³-hybridized carbons (Fsp3) is 0.684. The molecule has 7 heteroatoms. The summed E-state index contributed by atoms with van der Waals surface area (Å²) in [4.78, 5) is 11.0. The first-order valence-electron chi connectivity index (χ1n) is 9.46. The smallest absolute Gasteiger partial charge is 0.213 e. The van der Waals surface area contributed by atoms with Crippen molar-refractivity contribution in [1.29, 1.82) is 0 Å². The Kier molecular flexibility index (Phi) is 11.6. The highest BCUT2D eigenvalue weighted by Crippen LogP contribution is 2.15. The van der Waals surface area contributed by atoms with Gasteiger partial charge in [-0.05, 0) is 63.4 Å². The van der Waals surface area contributed by atoms with Gasteiger partial charge < -0.3 is 20.3 Å². The minimum absolute atomic E-state index is 0. The summed E-state index contributed by atoms with van der Waals surface area (Å²) in [5.74, 6) is 2.40. The van der Waals surface area contributed by atoms with Crippen LogP contribution in [0.5, 0.6) is 5.88 Å². The second kappa shape index (κ2) is 13.1. The van der Waals surface area contributed by atoms with E-state index in [9.17, 15) is 0 Å². The van der Waals surface area contributed by atoms with Crippen LogP contribution in [0.2, 0.25) is 0 Å². The van der Waals surface area contributed by atoms with Crippen LogP contribution in [0, 0.1) is 5.92 Å². The number of aromatic nitrogens is 1. The molecule has 0 spiro atoms. The number of piperidine rings is 1. The second-order valence-corrected chi connectivity index (χ2v) is 6.67. The van der Waals surface area contributed by atoms with Gasteiger partial charge in [0.1, 0.15) is 0 Å². The molecule has 1 aromatic heterocycles. The van der Waals surface area contributed by atoms with Crippen molar-refractivity contribution >= 4 is 29.9 Å². The van der Waals surface area contributed by atoms with E-state index in [-0.39, 0.29) is 24.0 Å². The van der Waals surface area contributed by atoms with Gasteiger partial charge >= 0.3 is 0 Å². The lowest BCUT2D eigenvalue weighted by molar-refractivity contribution is 0.191. The molecule has 148 valence electrons. The molecule has 0 unspecified atom stereocenters. The number of rotatable bonds is 8. The lowest BCUT2D eigenvalue weighted by Crippen LogP contribution is -2.39. The number of hydrogen-bond donors (Lipinski definition) is 2. The van der Waals surface area contributed by atoms with Crippen LogP contribution in [0.4, 0.5) is 0 Å². The van der Waals surface area contributed by atoms with E-state index < -0.39 is 0 Å². The number of pyridine rings is 1. The molecule has 6 nitrogen and oxygen atoms in total. The summed E-state index contributed by atoms with van der Waals surface area (Å²) in [6, 6.07) is 3.95. The summed E-state index contributed by atoms with van der Waals surface area (Å²) >= 11 is 0. The first-order chi connectivity index (χ1) is 12.2. The molecule has 1 fully saturated rings. The number of guanidine groups is 1. The van der Waals surface area contributed by atoms with Gasteiger partial charge in [-0.1, -0.05) is 6.92 Å². The molecule has 0 amide bonds. The predicted molar refractivity (Wildman–Crippen MR) is 118 cm³/mol. The first kappa shape index (κ1) is 23.0. The van der Waals surface area contributed by atoms with E-state index in [1.165, 1.54) is 32.5 Å². The number of likely N-dealkylation sites (tertiary alicyclic amines) is 1. The lowest BCUT2D eigenvalue weighted by Gasteiger charge is -2.30. The standard InChI is InChI=1S/C19H33N5O.HI/c1-4-25-18-14-17(6-10-21-18)15-23-19(20-3)22-9-5-11-24-12-7-16(2)8-13-24;/h6,10,14,16H,4-5,7-9,11-13,15H2,1-3H3,(H2,20,22,23);1H. The molecule has 1 aliphatic rings. The molecule has 0 saturated carbocycles. The quantitative estimate of drug-likeness (QED) is 0.262. The van der Waals surface area contributed by atoms with Crippen LogP contribution >= 0.6 is 24.0 Å². The highest BCUT2D eigenvalue weighted by molar-refractivity contribution is 14.0. The molecular weight excluding hydrogens is 441 g/mol. The number of hydrogen-bond acceptors (Lipinski definition) is 4. The average Bonchev–Trinajstić information content (AvgIpc) is 2.63. The van der Waals surface area contributed by atoms with Gasteiger partial charge in [0.05, 0.1) is 6.61 Å². The molecule has 0 aliphatic carbocycles. The Labute approximate surface area is 175 Å². The summed E-state index contributed by atoms with van der Waals surface area (Å²) in [5, 5.41) is 6.73. The Bertz CT molecular complexity index is 532. The fourth-order valence-corrected chi connectivity index (χ4v) is 2.99. The SMILES string of the molecule is CCOc1cc(CNC(=NC)NCCCN2CCC(C)CC2)ccn1.I. The molecule has 2 rings (SSSR count). The van der Waals surface area contributed by atoms with Gasteiger partial charge in [0.25, 0.3) is 0 Å². The van der Waals surface area contributed by atoms with Crippen LogP contribution in [0.3, 0.4) is 0 Å². The zero-order valence-corrected chi connectivity index (χ0v) is 18.7. The van der Waals surface area contributed by atoms with Crippen molar-refractivity contribution in [1.82, 2.24) is 20.5 Å². The average molecular weight is 475 g/mol. The maximum absolute atomic E-state index is 5.43. The molecule has 1 saturated heterocycles. The van der Waals surface area contributed by atoms with Crippen LogP contribution < -0.4 is 15.4 Å². The Morgan fingerprint density at radius 2 is 2.12 bits per heavy atom. The summed E-state index contributed by atoms with van der Waals surface area (Å²) < 4.78 is 5.43. The summed E-state index contributed by atoms with van der Waals surface area (Å²) in [7, 11) is 1.81. The van der Waals surface area contributed by atoms with E-state index in [0.717, 1.165) is 30.4 Å². The van der Waals surface area contributed by atoms with Gasteiger partial charge in [0, 0.05) is 32.4 Å². The highest BCUT2D eigenvalue weighted by atomic mass is 127. The van der Waals surface area contributed by atoms with Crippen molar-refractivity contribution in [2.24, 2.45) is 10.9 Å². The molecule has 26 heavy (non-hydrogen) atoms. The zero-order chi connectivity index (χ0) is 17.9. The third kappa shape index (κ3) is 8.53. The van der Waals surface area contributed by atoms with Crippen molar-refractivity contribution < 1.29 is 4.74 Å². The molecule has 2 N–H and O–H groups in total. The molecule has 0 atom stereocenters. The van der Waals surface area contributed by atoms with Crippen molar-refractivity contribution in [2.75, 3.05) is 39.8 Å². The summed E-state index contributed by atoms with van der Waals surface area (Å²) in [5.41, 5.74) is 1.13. The van der Waals surface area contributed by atoms with Crippen LogP contribution in [0.15, 0.2) is 23.3 Å². The van der Waals surface area contributed by atoms with Crippen molar-refractivity contribution in [3.8, 4) is 5.88 Å². The third-order valence-electron chi connectivity index (χ3n) is 4.59. The monoisotopic (exact) mass is 475 g/mol. The van der Waals surface area contributed by atoms with E-state index in [0.29, 0.717) is 19.0 Å². The first-order valence-corrected chi connectivity index (χ1v) is 9.46. The van der Waals surface area contributed by atoms with Crippen molar-refractivity contribution in [2.45, 2.75) is 39.7 Å². The van der Waals surface area contributed by atoms with E-state index in [1.807, 2.05) is 19.1 Å². The Hall–Kier alpha value is -1.09. The molecule has 1 aromatic rings. The van der Waals surface area contributed by atoms with E-state index in [2.05, 4.69) is 32.4 Å². The fourth-order valence-electron chi connectivity index (χ4n) is 2.99. The Balaban J connectivity index is 0.00000338. The molecule has 0 bridgehead atoms. The van der Waals surface area contributed by atoms with Crippen molar-refractivity contribution in [3.63, 3.8) is 0 Å². The topological polar surface area (TPSA) is 61.8 Å². The maximum atomic E-state index is 5.43. The molecule has 0 radical (unpaired) electrons. The third-order valence-corrected chi connectivity index (χ3v) is 4.59. The predicted octanol–water partition coefficient (Wildman–Crippen LogP) is 2.89. The van der Waals surface area contributed by atoms with E-state index in [4.69, 9.17) is 4.74 Å². The van der Waals surface area contributed by atoms with Crippen LogP contribution in [-0.4, -0.2) is 55.7 Å². The zero-order valence-electron chi connectivity index (χ0n) is 16.3. The number of nitrogens with zero attached hydrogens (tertiary/aromatic N) is 3. The maximum Gasteiger partial charge on any atom is 0.213 e. The number of ether oxygens (including phenoxy) is 1. The van der Waals surface area contributed by atoms with Gasteiger partial charge in [-0.2, -0.15) is 0 Å². The molecule has 1 aliphatic heterocycles. The Morgan fingerprint density at radius 3 is 2.81 bits per heavy atom. The van der Waals surface area contributed by atoms with E-state index in [1.54, 1.807) is 13.2 Å². The largest absolute Gasteiger partial charge is 0.478 e. The van der Waals surface area contributed by atoms with Gasteiger partial charge in [0.2, 0.25) is 5.88 Å². The van der Waals surface area contributed by atoms with Crippen LogP contribution in [-0.2, 0) is 6.54 Å². The van der Waals surface area contributed by atoms with Crippen LogP contribution in [0.1, 0.15) is 38.7 Å². The van der Waals surface area contributed by atoms with Gasteiger partial charge in [-0.15, -0.1) is 24.0 Å². The summed E-state index contributed by atoms with van der Waals surface area (Å²) in [6.07, 6.45) is 5.59. The lowest BCUT2D eigenvalue weighted by atomic mass is 9.99. The number of aliphatic imine (C=N–C) groups is 1. The van der Waals surface area contributed by atoms with Gasteiger partial charge in [-0.25, -0.2) is 4.98 Å². The van der Waals surface area contributed by atoms with E-state index >= 15 is 0 Å². The minimum atomic E-state index is 0. The molecular formula is C19H34IN5O. The van der Waals surface area contributed by atoms with Crippen molar-refractivity contribution in [3.05, 3.63) is 23.9 Å². The van der Waals surface area contributed by atoms with Gasteiger partial charge in [-0.3, -0.25) is 4.99 Å². The Morgan fingerprint density at radius 1 is 1.35 bits per heavy atom.